The summed E-state index contributed by atoms with van der Waals surface area (Å²) in [4.78, 5) is 12.1. The highest BCUT2D eigenvalue weighted by Crippen LogP contribution is 2.24. The first-order chi connectivity index (χ1) is 8.97. The molecule has 0 aliphatic carbocycles. The van der Waals surface area contributed by atoms with Crippen LogP contribution in [-0.2, 0) is 0 Å². The SMILES string of the molecule is Nc1cc(C(=O)Nc2ccc(I)cc2)c(Br)cc1F. The number of halogens is 3. The van der Waals surface area contributed by atoms with Crippen molar-refractivity contribution >= 4 is 55.8 Å². The minimum Gasteiger partial charge on any atom is -0.396 e. The highest BCUT2D eigenvalue weighted by Gasteiger charge is 2.13. The molecule has 6 heteroatoms. The van der Waals surface area contributed by atoms with Crippen molar-refractivity contribution in [2.24, 2.45) is 0 Å². The molecule has 3 N–H and O–H groups in total. The summed E-state index contributed by atoms with van der Waals surface area (Å²) < 4.78 is 14.6. The Balaban J connectivity index is 2.25. The fraction of sp³-hybridized carbons (Fsp3) is 0. The monoisotopic (exact) mass is 434 g/mol. The van der Waals surface area contributed by atoms with Crippen LogP contribution >= 0.6 is 38.5 Å². The van der Waals surface area contributed by atoms with Gasteiger partial charge in [-0.2, -0.15) is 0 Å². The lowest BCUT2D eigenvalue weighted by Gasteiger charge is -2.08. The lowest BCUT2D eigenvalue weighted by Crippen LogP contribution is -2.13. The Labute approximate surface area is 131 Å². The predicted molar refractivity (Wildman–Crippen MR) is 85.6 cm³/mol. The molecule has 2 aromatic rings. The first-order valence-corrected chi connectivity index (χ1v) is 7.16. The molecule has 0 atom stereocenters. The number of carbonyl (C=O) groups is 1. The Morgan fingerprint density at radius 3 is 2.53 bits per heavy atom. The van der Waals surface area contributed by atoms with Crippen molar-refractivity contribution in [1.29, 1.82) is 0 Å². The summed E-state index contributed by atoms with van der Waals surface area (Å²) in [6.07, 6.45) is 0. The van der Waals surface area contributed by atoms with E-state index in [2.05, 4.69) is 43.8 Å². The molecule has 0 bridgehead atoms. The smallest absolute Gasteiger partial charge is 0.256 e. The van der Waals surface area contributed by atoms with E-state index in [1.165, 1.54) is 12.1 Å². The van der Waals surface area contributed by atoms with Crippen LogP contribution in [0.1, 0.15) is 10.4 Å². The van der Waals surface area contributed by atoms with E-state index in [9.17, 15) is 9.18 Å². The summed E-state index contributed by atoms with van der Waals surface area (Å²) in [7, 11) is 0. The maximum absolute atomic E-state index is 13.2. The van der Waals surface area contributed by atoms with Crippen LogP contribution in [0.3, 0.4) is 0 Å². The van der Waals surface area contributed by atoms with E-state index in [0.717, 1.165) is 3.57 Å². The van der Waals surface area contributed by atoms with Gasteiger partial charge in [-0.3, -0.25) is 4.79 Å². The largest absolute Gasteiger partial charge is 0.396 e. The van der Waals surface area contributed by atoms with Gasteiger partial charge in [0, 0.05) is 13.7 Å². The quantitative estimate of drug-likeness (QED) is 0.553. The van der Waals surface area contributed by atoms with Crippen LogP contribution in [0.25, 0.3) is 0 Å². The van der Waals surface area contributed by atoms with Gasteiger partial charge in [0.2, 0.25) is 0 Å². The average Bonchev–Trinajstić information content (AvgIpc) is 2.36. The first-order valence-electron chi connectivity index (χ1n) is 5.29. The Bertz CT molecular complexity index is 631. The molecular formula is C13H9BrFIN2O. The number of hydrogen-bond donors (Lipinski definition) is 2. The lowest BCUT2D eigenvalue weighted by molar-refractivity contribution is 0.102. The van der Waals surface area contributed by atoms with Gasteiger partial charge in [0.1, 0.15) is 5.82 Å². The zero-order chi connectivity index (χ0) is 14.0. The summed E-state index contributed by atoms with van der Waals surface area (Å²) in [5.41, 5.74) is 6.36. The molecule has 0 fully saturated rings. The number of hydrogen-bond acceptors (Lipinski definition) is 2. The zero-order valence-corrected chi connectivity index (χ0v) is 13.3. The first kappa shape index (κ1) is 14.3. The minimum absolute atomic E-state index is 0.0593. The van der Waals surface area contributed by atoms with Crippen molar-refractivity contribution in [3.05, 3.63) is 55.8 Å². The summed E-state index contributed by atoms with van der Waals surface area (Å²) >= 11 is 5.33. The number of anilines is 2. The molecule has 0 aliphatic rings. The van der Waals surface area contributed by atoms with Gasteiger partial charge in [-0.1, -0.05) is 0 Å². The van der Waals surface area contributed by atoms with Gasteiger partial charge >= 0.3 is 0 Å². The standard InChI is InChI=1S/C13H9BrFIN2O/c14-10-6-11(15)12(17)5-9(10)13(19)18-8-3-1-7(16)2-4-8/h1-6H,17H2,(H,18,19). The normalized spacial score (nSPS) is 10.3. The summed E-state index contributed by atoms with van der Waals surface area (Å²) in [6, 6.07) is 9.83. The van der Waals surface area contributed by atoms with Crippen molar-refractivity contribution in [3.8, 4) is 0 Å². The molecule has 1 amide bonds. The second kappa shape index (κ2) is 5.87. The van der Waals surface area contributed by atoms with Crippen molar-refractivity contribution in [1.82, 2.24) is 0 Å². The highest BCUT2D eigenvalue weighted by molar-refractivity contribution is 14.1. The lowest BCUT2D eigenvalue weighted by atomic mass is 10.1. The third kappa shape index (κ3) is 3.44. The van der Waals surface area contributed by atoms with Gasteiger partial charge in [-0.05, 0) is 74.9 Å². The molecule has 0 radical (unpaired) electrons. The van der Waals surface area contributed by atoms with E-state index in [0.29, 0.717) is 10.2 Å². The number of rotatable bonds is 2. The fourth-order valence-electron chi connectivity index (χ4n) is 1.47. The molecule has 0 saturated heterocycles. The van der Waals surface area contributed by atoms with Crippen molar-refractivity contribution in [2.75, 3.05) is 11.1 Å². The average molecular weight is 435 g/mol. The van der Waals surface area contributed by atoms with Crippen LogP contribution in [0.15, 0.2) is 40.9 Å². The Kier molecular flexibility index (Phi) is 4.41. The van der Waals surface area contributed by atoms with E-state index in [1.54, 1.807) is 12.1 Å². The van der Waals surface area contributed by atoms with Crippen LogP contribution < -0.4 is 11.1 Å². The number of nitrogen functional groups attached to an aromatic ring is 1. The van der Waals surface area contributed by atoms with E-state index in [4.69, 9.17) is 5.73 Å². The van der Waals surface area contributed by atoms with Crippen LogP contribution in [0, 0.1) is 9.39 Å². The molecule has 0 unspecified atom stereocenters. The van der Waals surface area contributed by atoms with E-state index in [-0.39, 0.29) is 17.2 Å². The Morgan fingerprint density at radius 2 is 1.89 bits per heavy atom. The third-order valence-corrected chi connectivity index (χ3v) is 3.81. The molecule has 2 aromatic carbocycles. The molecule has 3 nitrogen and oxygen atoms in total. The van der Waals surface area contributed by atoms with Gasteiger partial charge in [0.15, 0.2) is 0 Å². The second-order valence-electron chi connectivity index (χ2n) is 3.81. The minimum atomic E-state index is -0.558. The Hall–Kier alpha value is -1.15. The van der Waals surface area contributed by atoms with E-state index in [1.807, 2.05) is 12.1 Å². The molecule has 0 heterocycles. The number of benzene rings is 2. The molecule has 0 aliphatic heterocycles. The maximum Gasteiger partial charge on any atom is 0.256 e. The number of amides is 1. The van der Waals surface area contributed by atoms with Crippen LogP contribution in [0.4, 0.5) is 15.8 Å². The van der Waals surface area contributed by atoms with Gasteiger partial charge in [0.05, 0.1) is 11.3 Å². The van der Waals surface area contributed by atoms with Gasteiger partial charge < -0.3 is 11.1 Å². The number of nitrogens with two attached hydrogens (primary N) is 1. The fourth-order valence-corrected chi connectivity index (χ4v) is 2.33. The molecule has 0 spiro atoms. The number of nitrogens with one attached hydrogen (secondary N) is 1. The molecule has 0 saturated carbocycles. The van der Waals surface area contributed by atoms with Crippen molar-refractivity contribution < 1.29 is 9.18 Å². The molecule has 98 valence electrons. The summed E-state index contributed by atoms with van der Waals surface area (Å²) in [5, 5.41) is 2.72. The summed E-state index contributed by atoms with van der Waals surface area (Å²) in [5.74, 6) is -0.905. The molecule has 19 heavy (non-hydrogen) atoms. The van der Waals surface area contributed by atoms with Crippen molar-refractivity contribution in [2.45, 2.75) is 0 Å². The van der Waals surface area contributed by atoms with Gasteiger partial charge in [-0.15, -0.1) is 0 Å². The molecule has 2 rings (SSSR count). The molecular weight excluding hydrogens is 426 g/mol. The Morgan fingerprint density at radius 1 is 1.26 bits per heavy atom. The number of carbonyl (C=O) groups excluding carboxylic acids is 1. The van der Waals surface area contributed by atoms with Crippen molar-refractivity contribution in [3.63, 3.8) is 0 Å². The van der Waals surface area contributed by atoms with Crippen LogP contribution in [0.2, 0.25) is 0 Å². The highest BCUT2D eigenvalue weighted by atomic mass is 127. The predicted octanol–water partition coefficient (Wildman–Crippen LogP) is 4.03. The third-order valence-electron chi connectivity index (χ3n) is 2.43. The second-order valence-corrected chi connectivity index (χ2v) is 5.91. The van der Waals surface area contributed by atoms with Crippen LogP contribution in [0.5, 0.6) is 0 Å². The zero-order valence-electron chi connectivity index (χ0n) is 9.58. The van der Waals surface area contributed by atoms with Crippen LogP contribution in [-0.4, -0.2) is 5.91 Å². The molecule has 0 aromatic heterocycles. The maximum atomic E-state index is 13.2. The summed E-state index contributed by atoms with van der Waals surface area (Å²) in [6.45, 7) is 0. The van der Waals surface area contributed by atoms with E-state index >= 15 is 0 Å². The topological polar surface area (TPSA) is 55.1 Å². The van der Waals surface area contributed by atoms with Gasteiger partial charge in [-0.25, -0.2) is 4.39 Å². The van der Waals surface area contributed by atoms with Gasteiger partial charge in [0.25, 0.3) is 5.91 Å². The van der Waals surface area contributed by atoms with E-state index < -0.39 is 5.82 Å².